The Bertz CT molecular complexity index is 882. The van der Waals surface area contributed by atoms with Crippen molar-refractivity contribution in [3.8, 4) is 0 Å². The van der Waals surface area contributed by atoms with Crippen molar-refractivity contribution in [1.82, 2.24) is 15.6 Å². The zero-order valence-electron chi connectivity index (χ0n) is 15.9. The number of amides is 2. The number of anilines is 2. The van der Waals surface area contributed by atoms with Gasteiger partial charge in [-0.2, -0.15) is 0 Å². The molecule has 1 fully saturated rings. The van der Waals surface area contributed by atoms with Gasteiger partial charge < -0.3 is 26.8 Å². The summed E-state index contributed by atoms with van der Waals surface area (Å²) in [5.74, 6) is -0.328. The summed E-state index contributed by atoms with van der Waals surface area (Å²) < 4.78 is 6.14. The number of nitrogens with two attached hydrogens (primary N) is 2. The van der Waals surface area contributed by atoms with Crippen LogP contribution in [0.5, 0.6) is 0 Å². The summed E-state index contributed by atoms with van der Waals surface area (Å²) in [6, 6.07) is 6.82. The molecule has 0 saturated carbocycles. The molecule has 0 radical (unpaired) electrons. The number of hydrogen-bond acceptors (Lipinski definition) is 7. The smallest absolute Gasteiger partial charge is 0.270 e. The number of aryl methyl sites for hydroxylation is 1. The van der Waals surface area contributed by atoms with Crippen LogP contribution in [0.25, 0.3) is 0 Å². The van der Waals surface area contributed by atoms with Gasteiger partial charge in [0.1, 0.15) is 11.5 Å². The van der Waals surface area contributed by atoms with Crippen molar-refractivity contribution < 1.29 is 14.3 Å². The highest BCUT2D eigenvalue weighted by molar-refractivity contribution is 7.16. The molecule has 156 valence electrons. The van der Waals surface area contributed by atoms with Crippen molar-refractivity contribution in [1.29, 1.82) is 0 Å². The topological polar surface area (TPSA) is 132 Å². The van der Waals surface area contributed by atoms with Crippen LogP contribution in [0.4, 0.5) is 11.5 Å². The van der Waals surface area contributed by atoms with Crippen LogP contribution < -0.4 is 22.1 Å². The van der Waals surface area contributed by atoms with Crippen molar-refractivity contribution in [2.45, 2.75) is 31.2 Å². The van der Waals surface area contributed by atoms with E-state index >= 15 is 0 Å². The first-order valence-electron chi connectivity index (χ1n) is 9.30. The second kappa shape index (κ2) is 9.43. The number of halogens is 1. The van der Waals surface area contributed by atoms with Gasteiger partial charge in [-0.15, -0.1) is 11.3 Å². The SMILES string of the molecule is Nc1ccc(C(=O)NC2(CNC(=O)CCc3ccc(Cl)s3)CCOCC2)nc1N. The monoisotopic (exact) mass is 437 g/mol. The lowest BCUT2D eigenvalue weighted by Gasteiger charge is -2.38. The fraction of sp³-hybridized carbons (Fsp3) is 0.421. The Morgan fingerprint density at radius 3 is 2.62 bits per heavy atom. The second-order valence-electron chi connectivity index (χ2n) is 7.00. The average Bonchev–Trinajstić information content (AvgIpc) is 3.13. The molecule has 1 aliphatic heterocycles. The summed E-state index contributed by atoms with van der Waals surface area (Å²) in [5, 5.41) is 5.96. The van der Waals surface area contributed by atoms with Crippen LogP contribution in [-0.2, 0) is 16.0 Å². The Hall–Kier alpha value is -2.36. The van der Waals surface area contributed by atoms with E-state index < -0.39 is 5.54 Å². The van der Waals surface area contributed by atoms with E-state index in [2.05, 4.69) is 15.6 Å². The van der Waals surface area contributed by atoms with Crippen LogP contribution in [0.15, 0.2) is 24.3 Å². The number of pyridine rings is 1. The molecule has 0 aromatic carbocycles. The van der Waals surface area contributed by atoms with E-state index in [1.54, 1.807) is 6.07 Å². The minimum atomic E-state index is -0.602. The fourth-order valence-corrected chi connectivity index (χ4v) is 4.19. The van der Waals surface area contributed by atoms with Gasteiger partial charge in [0.25, 0.3) is 5.91 Å². The minimum absolute atomic E-state index is 0.0792. The largest absolute Gasteiger partial charge is 0.396 e. The van der Waals surface area contributed by atoms with Crippen LogP contribution in [0.1, 0.15) is 34.6 Å². The minimum Gasteiger partial charge on any atom is -0.396 e. The van der Waals surface area contributed by atoms with Gasteiger partial charge in [0.15, 0.2) is 0 Å². The van der Waals surface area contributed by atoms with Gasteiger partial charge in [-0.1, -0.05) is 11.6 Å². The van der Waals surface area contributed by atoms with Gasteiger partial charge in [0, 0.05) is 31.1 Å². The molecule has 0 spiro atoms. The zero-order chi connectivity index (χ0) is 20.9. The molecule has 3 rings (SSSR count). The molecular formula is C19H24ClN5O3S. The van der Waals surface area contributed by atoms with E-state index in [-0.39, 0.29) is 23.3 Å². The van der Waals surface area contributed by atoms with E-state index in [1.165, 1.54) is 17.4 Å². The molecule has 0 aliphatic carbocycles. The molecule has 3 heterocycles. The number of rotatable bonds is 7. The first-order chi connectivity index (χ1) is 13.9. The van der Waals surface area contributed by atoms with E-state index in [0.29, 0.717) is 55.5 Å². The first kappa shape index (κ1) is 21.4. The fourth-order valence-electron chi connectivity index (χ4n) is 3.10. The number of nitrogens with one attached hydrogen (secondary N) is 2. The highest BCUT2D eigenvalue weighted by atomic mass is 35.5. The molecule has 0 atom stereocenters. The van der Waals surface area contributed by atoms with Gasteiger partial charge in [0.2, 0.25) is 5.91 Å². The third kappa shape index (κ3) is 5.81. The molecule has 29 heavy (non-hydrogen) atoms. The van der Waals surface area contributed by atoms with E-state index in [9.17, 15) is 9.59 Å². The van der Waals surface area contributed by atoms with Crippen LogP contribution in [0.3, 0.4) is 0 Å². The predicted molar refractivity (Wildman–Crippen MR) is 114 cm³/mol. The number of nitrogens with zero attached hydrogens (tertiary/aromatic N) is 1. The lowest BCUT2D eigenvalue weighted by molar-refractivity contribution is -0.121. The van der Waals surface area contributed by atoms with Gasteiger partial charge in [-0.05, 0) is 43.5 Å². The average molecular weight is 438 g/mol. The third-order valence-electron chi connectivity index (χ3n) is 4.87. The number of hydrogen-bond donors (Lipinski definition) is 4. The molecule has 10 heteroatoms. The molecule has 1 saturated heterocycles. The Kier molecular flexibility index (Phi) is 6.94. The molecular weight excluding hydrogens is 414 g/mol. The Balaban J connectivity index is 1.59. The molecule has 0 bridgehead atoms. The van der Waals surface area contributed by atoms with Crippen LogP contribution in [0.2, 0.25) is 4.34 Å². The maximum atomic E-state index is 12.7. The van der Waals surface area contributed by atoms with Crippen LogP contribution in [0, 0.1) is 0 Å². The lowest BCUT2D eigenvalue weighted by atomic mass is 9.89. The standard InChI is InChI=1S/C19H24ClN5O3S/c20-15-5-1-12(29-15)2-6-16(26)23-11-19(7-9-28-10-8-19)25-18(27)14-4-3-13(21)17(22)24-14/h1,3-5H,2,6-11,21H2,(H2,22,24)(H,23,26)(H,25,27). The summed E-state index contributed by atoms with van der Waals surface area (Å²) in [5.41, 5.74) is 11.3. The number of nitrogen functional groups attached to an aromatic ring is 2. The summed E-state index contributed by atoms with van der Waals surface area (Å²) >= 11 is 7.39. The van der Waals surface area contributed by atoms with E-state index in [4.69, 9.17) is 27.8 Å². The maximum absolute atomic E-state index is 12.7. The Labute approximate surface area is 178 Å². The number of ether oxygens (including phenoxy) is 1. The highest BCUT2D eigenvalue weighted by Crippen LogP contribution is 2.23. The summed E-state index contributed by atoms with van der Waals surface area (Å²) in [4.78, 5) is 30.1. The zero-order valence-corrected chi connectivity index (χ0v) is 17.4. The van der Waals surface area contributed by atoms with E-state index in [1.807, 2.05) is 12.1 Å². The van der Waals surface area contributed by atoms with Crippen molar-refractivity contribution in [3.05, 3.63) is 39.2 Å². The molecule has 2 amide bonds. The molecule has 8 nitrogen and oxygen atoms in total. The van der Waals surface area contributed by atoms with E-state index in [0.717, 1.165) is 4.88 Å². The van der Waals surface area contributed by atoms with Crippen molar-refractivity contribution in [3.63, 3.8) is 0 Å². The van der Waals surface area contributed by atoms with Crippen molar-refractivity contribution >= 4 is 46.3 Å². The molecule has 2 aromatic rings. The van der Waals surface area contributed by atoms with Gasteiger partial charge in [-0.3, -0.25) is 9.59 Å². The normalized spacial score (nSPS) is 15.6. The summed E-state index contributed by atoms with van der Waals surface area (Å²) in [7, 11) is 0. The number of carbonyl (C=O) groups is 2. The van der Waals surface area contributed by atoms with Gasteiger partial charge in [0.05, 0.1) is 15.6 Å². The molecule has 6 N–H and O–H groups in total. The van der Waals surface area contributed by atoms with Crippen LogP contribution in [-0.4, -0.2) is 42.1 Å². The van der Waals surface area contributed by atoms with Crippen molar-refractivity contribution in [2.24, 2.45) is 0 Å². The Morgan fingerprint density at radius 2 is 1.97 bits per heavy atom. The predicted octanol–water partition coefficient (Wildman–Crippen LogP) is 1.99. The van der Waals surface area contributed by atoms with Gasteiger partial charge in [-0.25, -0.2) is 4.98 Å². The quantitative estimate of drug-likeness (QED) is 0.523. The Morgan fingerprint density at radius 1 is 1.21 bits per heavy atom. The number of carbonyl (C=O) groups excluding carboxylic acids is 2. The number of aromatic nitrogens is 1. The molecule has 2 aromatic heterocycles. The molecule has 0 unspecified atom stereocenters. The van der Waals surface area contributed by atoms with Gasteiger partial charge >= 0.3 is 0 Å². The second-order valence-corrected chi connectivity index (χ2v) is 8.80. The molecule has 1 aliphatic rings. The highest BCUT2D eigenvalue weighted by Gasteiger charge is 2.35. The maximum Gasteiger partial charge on any atom is 0.270 e. The lowest BCUT2D eigenvalue weighted by Crippen LogP contribution is -2.58. The summed E-state index contributed by atoms with van der Waals surface area (Å²) in [6.07, 6.45) is 2.15. The summed E-state index contributed by atoms with van der Waals surface area (Å²) in [6.45, 7) is 1.32. The third-order valence-corrected chi connectivity index (χ3v) is 6.16. The number of thiophene rings is 1. The van der Waals surface area contributed by atoms with Crippen molar-refractivity contribution in [2.75, 3.05) is 31.2 Å². The first-order valence-corrected chi connectivity index (χ1v) is 10.5. The van der Waals surface area contributed by atoms with Crippen LogP contribution >= 0.6 is 22.9 Å².